The molecule has 0 radical (unpaired) electrons. The lowest BCUT2D eigenvalue weighted by molar-refractivity contribution is -0.167. The first-order valence-electron chi connectivity index (χ1n) is 10.2. The highest BCUT2D eigenvalue weighted by Crippen LogP contribution is 2.42. The van der Waals surface area contributed by atoms with Gasteiger partial charge in [0.15, 0.2) is 0 Å². The smallest absolute Gasteiger partial charge is 0.309 e. The van der Waals surface area contributed by atoms with Crippen LogP contribution >= 0.6 is 11.6 Å². The minimum Gasteiger partial charge on any atom is -0.481 e. The maximum atomic E-state index is 13.6. The molecule has 2 unspecified atom stereocenters. The number of hydrogen-bond acceptors (Lipinski definition) is 5. The lowest BCUT2D eigenvalue weighted by Gasteiger charge is -2.28. The summed E-state index contributed by atoms with van der Waals surface area (Å²) in [6.45, 7) is -0.969. The average Bonchev–Trinajstić information content (AvgIpc) is 3.48. The van der Waals surface area contributed by atoms with Crippen LogP contribution in [0.5, 0.6) is 0 Å². The summed E-state index contributed by atoms with van der Waals surface area (Å²) < 4.78 is 63.7. The van der Waals surface area contributed by atoms with E-state index in [-0.39, 0.29) is 24.2 Å². The van der Waals surface area contributed by atoms with Gasteiger partial charge in [0.2, 0.25) is 5.28 Å². The third-order valence-electron chi connectivity index (χ3n) is 5.65. The molecule has 2 atom stereocenters. The largest absolute Gasteiger partial charge is 0.481 e. The second-order valence-electron chi connectivity index (χ2n) is 8.48. The Balaban J connectivity index is 0.000000189. The highest BCUT2D eigenvalue weighted by Gasteiger charge is 2.41. The molecule has 0 aromatic carbocycles. The van der Waals surface area contributed by atoms with Crippen molar-refractivity contribution in [2.75, 3.05) is 26.4 Å². The lowest BCUT2D eigenvalue weighted by atomic mass is 9.93. The molecule has 1 N–H and O–H groups in total. The van der Waals surface area contributed by atoms with Crippen molar-refractivity contribution in [1.29, 1.82) is 0 Å². The van der Waals surface area contributed by atoms with Gasteiger partial charge in [0.25, 0.3) is 11.8 Å². The van der Waals surface area contributed by atoms with Crippen molar-refractivity contribution in [1.82, 2.24) is 14.5 Å². The lowest BCUT2D eigenvalue weighted by Crippen LogP contribution is -2.38. The average molecular weight is 480 g/mol. The van der Waals surface area contributed by atoms with Crippen LogP contribution in [-0.2, 0) is 14.3 Å². The number of ether oxygens (including phenoxy) is 2. The van der Waals surface area contributed by atoms with Crippen LogP contribution in [0.4, 0.5) is 17.6 Å². The molecule has 7 nitrogen and oxygen atoms in total. The fourth-order valence-corrected chi connectivity index (χ4v) is 4.14. The zero-order valence-electron chi connectivity index (χ0n) is 16.9. The molecule has 176 valence electrons. The van der Waals surface area contributed by atoms with Crippen LogP contribution in [0.3, 0.4) is 0 Å². The molecule has 5 rings (SSSR count). The van der Waals surface area contributed by atoms with Gasteiger partial charge in [0.1, 0.15) is 13.2 Å². The SMILES string of the molecule is FC1(F)COCC(c2cn(C3CC3)c3cnc(Cl)nc23)C1.O=C(O)C1COCC(F)(F)C1. The van der Waals surface area contributed by atoms with Gasteiger partial charge in [-0.1, -0.05) is 0 Å². The van der Waals surface area contributed by atoms with E-state index in [4.69, 9.17) is 21.4 Å². The topological polar surface area (TPSA) is 86.5 Å². The Hall–Kier alpha value is -1.98. The first-order valence-corrected chi connectivity index (χ1v) is 10.6. The molecular weight excluding hydrogens is 458 g/mol. The van der Waals surface area contributed by atoms with Crippen LogP contribution in [0.15, 0.2) is 12.4 Å². The molecule has 0 bridgehead atoms. The molecule has 2 aromatic rings. The molecule has 1 aliphatic carbocycles. The summed E-state index contributed by atoms with van der Waals surface area (Å²) >= 11 is 5.88. The van der Waals surface area contributed by atoms with Crippen LogP contribution in [0.1, 0.15) is 43.2 Å². The number of alkyl halides is 4. The van der Waals surface area contributed by atoms with Gasteiger partial charge in [0, 0.05) is 36.6 Å². The summed E-state index contributed by atoms with van der Waals surface area (Å²) in [6, 6.07) is 0.427. The number of nitrogens with zero attached hydrogens (tertiary/aromatic N) is 3. The Kier molecular flexibility index (Phi) is 6.34. The first-order chi connectivity index (χ1) is 15.0. The Morgan fingerprint density at radius 2 is 1.78 bits per heavy atom. The molecular formula is C20H22ClF4N3O4. The Morgan fingerprint density at radius 1 is 1.12 bits per heavy atom. The van der Waals surface area contributed by atoms with E-state index in [2.05, 4.69) is 19.3 Å². The molecule has 4 heterocycles. The van der Waals surface area contributed by atoms with E-state index in [0.717, 1.165) is 23.9 Å². The fraction of sp³-hybridized carbons (Fsp3) is 0.650. The number of aromatic nitrogens is 3. The highest BCUT2D eigenvalue weighted by atomic mass is 35.5. The van der Waals surface area contributed by atoms with Gasteiger partial charge in [-0.2, -0.15) is 0 Å². The zero-order chi connectivity index (χ0) is 23.1. The molecule has 3 fully saturated rings. The van der Waals surface area contributed by atoms with Crippen LogP contribution < -0.4 is 0 Å². The molecule has 0 amide bonds. The second kappa shape index (κ2) is 8.75. The van der Waals surface area contributed by atoms with Crippen LogP contribution in [0.25, 0.3) is 11.0 Å². The predicted octanol–water partition coefficient (Wildman–Crippen LogP) is 4.30. The zero-order valence-corrected chi connectivity index (χ0v) is 17.7. The van der Waals surface area contributed by atoms with Crippen LogP contribution in [-0.4, -0.2) is 63.9 Å². The third kappa shape index (κ3) is 5.32. The normalized spacial score (nSPS) is 26.9. The van der Waals surface area contributed by atoms with Crippen LogP contribution in [0.2, 0.25) is 5.28 Å². The molecule has 32 heavy (non-hydrogen) atoms. The van der Waals surface area contributed by atoms with E-state index in [9.17, 15) is 22.4 Å². The van der Waals surface area contributed by atoms with Crippen molar-refractivity contribution in [2.45, 2.75) is 49.5 Å². The summed E-state index contributed by atoms with van der Waals surface area (Å²) in [7, 11) is 0. The summed E-state index contributed by atoms with van der Waals surface area (Å²) in [5.41, 5.74) is 2.33. The summed E-state index contributed by atoms with van der Waals surface area (Å²) in [4.78, 5) is 18.5. The number of carbonyl (C=O) groups is 1. The van der Waals surface area contributed by atoms with Gasteiger partial charge >= 0.3 is 5.97 Å². The summed E-state index contributed by atoms with van der Waals surface area (Å²) in [5, 5.41) is 8.50. The van der Waals surface area contributed by atoms with E-state index in [1.54, 1.807) is 6.20 Å². The van der Waals surface area contributed by atoms with Crippen molar-refractivity contribution in [2.24, 2.45) is 5.92 Å². The predicted molar refractivity (Wildman–Crippen MR) is 105 cm³/mol. The van der Waals surface area contributed by atoms with E-state index >= 15 is 0 Å². The summed E-state index contributed by atoms with van der Waals surface area (Å²) in [6.07, 6.45) is 4.99. The minimum atomic E-state index is -2.97. The highest BCUT2D eigenvalue weighted by molar-refractivity contribution is 6.28. The van der Waals surface area contributed by atoms with Crippen molar-refractivity contribution >= 4 is 28.6 Å². The van der Waals surface area contributed by atoms with Gasteiger partial charge in [-0.15, -0.1) is 0 Å². The van der Waals surface area contributed by atoms with E-state index in [1.165, 1.54) is 0 Å². The van der Waals surface area contributed by atoms with Crippen molar-refractivity contribution < 1.29 is 36.9 Å². The van der Waals surface area contributed by atoms with Crippen molar-refractivity contribution in [3.8, 4) is 0 Å². The van der Waals surface area contributed by atoms with Gasteiger partial charge < -0.3 is 19.1 Å². The quantitative estimate of drug-likeness (QED) is 0.522. The van der Waals surface area contributed by atoms with Gasteiger partial charge in [-0.25, -0.2) is 27.5 Å². The number of halogens is 5. The maximum Gasteiger partial charge on any atom is 0.309 e. The molecule has 3 aliphatic rings. The molecule has 0 spiro atoms. The number of hydrogen-bond donors (Lipinski definition) is 1. The minimum absolute atomic E-state index is 0.106. The molecule has 2 saturated heterocycles. The fourth-order valence-electron chi connectivity index (χ4n) is 4.01. The van der Waals surface area contributed by atoms with Gasteiger partial charge in [0.05, 0.1) is 36.4 Å². The second-order valence-corrected chi connectivity index (χ2v) is 8.82. The van der Waals surface area contributed by atoms with E-state index in [0.29, 0.717) is 18.2 Å². The molecule has 2 aromatic heterocycles. The Labute approximate surface area is 185 Å². The van der Waals surface area contributed by atoms with Crippen LogP contribution in [0, 0.1) is 5.92 Å². The van der Waals surface area contributed by atoms with Gasteiger partial charge in [-0.3, -0.25) is 4.79 Å². The van der Waals surface area contributed by atoms with Gasteiger partial charge in [-0.05, 0) is 24.4 Å². The number of aliphatic carboxylic acids is 1. The van der Waals surface area contributed by atoms with E-state index in [1.807, 2.05) is 6.20 Å². The standard InChI is InChI=1S/C14H14ClF2N3O.C6H8F2O3/c15-13-18-4-11-12(19-13)10(5-20(11)9-1-2-9)8-3-14(16,17)7-21-6-8;7-6(8)1-4(5(9)10)2-11-3-6/h4-5,8-9H,1-3,6-7H2;4H,1-3H2,(H,9,10). The monoisotopic (exact) mass is 479 g/mol. The Morgan fingerprint density at radius 3 is 2.34 bits per heavy atom. The Bertz CT molecular complexity index is 999. The molecule has 2 aliphatic heterocycles. The summed E-state index contributed by atoms with van der Waals surface area (Å²) in [5.74, 6) is -8.39. The number of fused-ring (bicyclic) bond motifs is 1. The number of rotatable bonds is 3. The van der Waals surface area contributed by atoms with Crippen molar-refractivity contribution in [3.63, 3.8) is 0 Å². The maximum absolute atomic E-state index is 13.6. The first kappa shape index (κ1) is 23.2. The van der Waals surface area contributed by atoms with Crippen molar-refractivity contribution in [3.05, 3.63) is 23.2 Å². The van der Waals surface area contributed by atoms with E-state index < -0.39 is 43.4 Å². The number of carboxylic acids is 1. The molecule has 1 saturated carbocycles. The molecule has 12 heteroatoms. The third-order valence-corrected chi connectivity index (χ3v) is 5.84. The number of carboxylic acid groups (broad SMARTS) is 1.